The van der Waals surface area contributed by atoms with E-state index in [9.17, 15) is 14.0 Å². The fraction of sp³-hybridized carbons (Fsp3) is 0.385. The van der Waals surface area contributed by atoms with E-state index in [2.05, 4.69) is 5.32 Å². The molecule has 1 aliphatic rings. The molecular formula is C13H14FIN2O2. The van der Waals surface area contributed by atoms with Gasteiger partial charge in [0.05, 0.1) is 5.56 Å². The van der Waals surface area contributed by atoms with E-state index in [1.165, 1.54) is 18.2 Å². The first kappa shape index (κ1) is 14.2. The van der Waals surface area contributed by atoms with Crippen LogP contribution in [-0.4, -0.2) is 35.8 Å². The summed E-state index contributed by atoms with van der Waals surface area (Å²) in [6.45, 7) is 2.81. The average molecular weight is 376 g/mol. The summed E-state index contributed by atoms with van der Waals surface area (Å²) in [5.74, 6) is -0.713. The first-order valence-electron chi connectivity index (χ1n) is 6.08. The van der Waals surface area contributed by atoms with E-state index in [1.54, 1.807) is 4.90 Å². The number of carbonyl (C=O) groups excluding carboxylic acids is 2. The first-order valence-corrected chi connectivity index (χ1v) is 7.16. The van der Waals surface area contributed by atoms with Gasteiger partial charge in [0, 0.05) is 16.7 Å². The minimum absolute atomic E-state index is 0.126. The second kappa shape index (κ2) is 5.85. The molecule has 1 atom stereocenters. The lowest BCUT2D eigenvalue weighted by molar-refractivity contribution is -0.127. The largest absolute Gasteiger partial charge is 0.353 e. The summed E-state index contributed by atoms with van der Waals surface area (Å²) in [5.41, 5.74) is 0.440. The summed E-state index contributed by atoms with van der Waals surface area (Å²) in [7, 11) is 0. The van der Waals surface area contributed by atoms with Gasteiger partial charge in [-0.3, -0.25) is 9.59 Å². The van der Waals surface area contributed by atoms with Crippen molar-refractivity contribution in [2.45, 2.75) is 19.4 Å². The minimum atomic E-state index is -0.442. The van der Waals surface area contributed by atoms with Gasteiger partial charge < -0.3 is 10.2 Å². The van der Waals surface area contributed by atoms with Gasteiger partial charge in [-0.05, 0) is 47.2 Å². The maximum atomic E-state index is 13.1. The number of amides is 2. The first-order chi connectivity index (χ1) is 9.04. The molecule has 102 valence electrons. The van der Waals surface area contributed by atoms with Crippen molar-refractivity contribution in [3.63, 3.8) is 0 Å². The van der Waals surface area contributed by atoms with Gasteiger partial charge in [0.2, 0.25) is 5.91 Å². The van der Waals surface area contributed by atoms with Crippen molar-refractivity contribution in [3.8, 4) is 0 Å². The molecule has 4 nitrogen and oxygen atoms in total. The Morgan fingerprint density at radius 2 is 2.32 bits per heavy atom. The van der Waals surface area contributed by atoms with E-state index in [0.29, 0.717) is 28.6 Å². The van der Waals surface area contributed by atoms with Crippen LogP contribution in [-0.2, 0) is 4.79 Å². The molecular weight excluding hydrogens is 362 g/mol. The van der Waals surface area contributed by atoms with Crippen LogP contribution in [0.3, 0.4) is 0 Å². The van der Waals surface area contributed by atoms with Gasteiger partial charge in [0.25, 0.3) is 5.91 Å². The molecule has 1 fully saturated rings. The highest BCUT2D eigenvalue weighted by molar-refractivity contribution is 14.1. The smallest absolute Gasteiger partial charge is 0.255 e. The molecule has 1 aromatic carbocycles. The number of nitrogens with zero attached hydrogens (tertiary/aromatic N) is 1. The summed E-state index contributed by atoms with van der Waals surface area (Å²) >= 11 is 1.93. The van der Waals surface area contributed by atoms with E-state index >= 15 is 0 Å². The topological polar surface area (TPSA) is 49.4 Å². The predicted molar refractivity (Wildman–Crippen MR) is 77.2 cm³/mol. The second-order valence-corrected chi connectivity index (χ2v) is 5.50. The van der Waals surface area contributed by atoms with Crippen LogP contribution in [0.2, 0.25) is 0 Å². The molecule has 2 rings (SSSR count). The Labute approximate surface area is 124 Å². The Kier molecular flexibility index (Phi) is 4.38. The zero-order chi connectivity index (χ0) is 14.0. The SMILES string of the molecule is CC[C@@H]1C(=O)NCCN1C(=O)c1ccc(F)cc1I. The summed E-state index contributed by atoms with van der Waals surface area (Å²) in [6, 6.07) is 3.61. The van der Waals surface area contributed by atoms with Crippen LogP contribution >= 0.6 is 22.6 Å². The summed E-state index contributed by atoms with van der Waals surface area (Å²) in [6.07, 6.45) is 0.565. The number of nitrogens with one attached hydrogen (secondary N) is 1. The highest BCUT2D eigenvalue weighted by atomic mass is 127. The van der Waals surface area contributed by atoms with Crippen LogP contribution < -0.4 is 5.32 Å². The Bertz CT molecular complexity index is 521. The van der Waals surface area contributed by atoms with Crippen LogP contribution in [0, 0.1) is 9.39 Å². The molecule has 0 saturated carbocycles. The van der Waals surface area contributed by atoms with Crippen molar-refractivity contribution < 1.29 is 14.0 Å². The number of halogens is 2. The molecule has 1 N–H and O–H groups in total. The lowest BCUT2D eigenvalue weighted by Crippen LogP contribution is -2.57. The molecule has 6 heteroatoms. The van der Waals surface area contributed by atoms with Crippen molar-refractivity contribution in [1.29, 1.82) is 0 Å². The molecule has 0 bridgehead atoms. The third-order valence-electron chi connectivity index (χ3n) is 3.14. The molecule has 1 saturated heterocycles. The molecule has 19 heavy (non-hydrogen) atoms. The molecule has 0 radical (unpaired) electrons. The zero-order valence-electron chi connectivity index (χ0n) is 10.5. The quantitative estimate of drug-likeness (QED) is 0.801. The van der Waals surface area contributed by atoms with Gasteiger partial charge in [-0.2, -0.15) is 0 Å². The molecule has 0 unspecified atom stereocenters. The minimum Gasteiger partial charge on any atom is -0.353 e. The highest BCUT2D eigenvalue weighted by Gasteiger charge is 2.32. The van der Waals surface area contributed by atoms with E-state index in [0.717, 1.165) is 0 Å². The van der Waals surface area contributed by atoms with Gasteiger partial charge in [-0.15, -0.1) is 0 Å². The van der Waals surface area contributed by atoms with E-state index in [4.69, 9.17) is 0 Å². The van der Waals surface area contributed by atoms with Crippen molar-refractivity contribution in [3.05, 3.63) is 33.1 Å². The summed E-state index contributed by atoms with van der Waals surface area (Å²) in [4.78, 5) is 25.8. The number of benzene rings is 1. The molecule has 2 amide bonds. The molecule has 0 aromatic heterocycles. The van der Waals surface area contributed by atoms with Crippen LogP contribution in [0.4, 0.5) is 4.39 Å². The summed E-state index contributed by atoms with van der Waals surface area (Å²) < 4.78 is 13.6. The van der Waals surface area contributed by atoms with Crippen molar-refractivity contribution >= 4 is 34.4 Å². The van der Waals surface area contributed by atoms with Gasteiger partial charge in [-0.25, -0.2) is 4.39 Å². The molecule has 1 aliphatic heterocycles. The fourth-order valence-electron chi connectivity index (χ4n) is 2.18. The summed E-state index contributed by atoms with van der Waals surface area (Å²) in [5, 5.41) is 2.75. The monoisotopic (exact) mass is 376 g/mol. The Hall–Kier alpha value is -1.18. The Morgan fingerprint density at radius 1 is 1.58 bits per heavy atom. The molecule has 1 aromatic rings. The number of piperazine rings is 1. The van der Waals surface area contributed by atoms with E-state index < -0.39 is 6.04 Å². The van der Waals surface area contributed by atoms with Gasteiger partial charge in [0.15, 0.2) is 0 Å². The van der Waals surface area contributed by atoms with Crippen LogP contribution in [0.1, 0.15) is 23.7 Å². The standard InChI is InChI=1S/C13H14FIN2O2/c1-2-11-12(18)16-5-6-17(11)13(19)9-4-3-8(14)7-10(9)15/h3-4,7,11H,2,5-6H2,1H3,(H,16,18)/t11-/m1/s1. The van der Waals surface area contributed by atoms with Crippen molar-refractivity contribution in [2.24, 2.45) is 0 Å². The maximum Gasteiger partial charge on any atom is 0.255 e. The van der Waals surface area contributed by atoms with Gasteiger partial charge >= 0.3 is 0 Å². The van der Waals surface area contributed by atoms with E-state index in [1.807, 2.05) is 29.5 Å². The van der Waals surface area contributed by atoms with Crippen LogP contribution in [0.15, 0.2) is 18.2 Å². The fourth-order valence-corrected chi connectivity index (χ4v) is 2.89. The number of hydrogen-bond donors (Lipinski definition) is 1. The average Bonchev–Trinajstić information content (AvgIpc) is 2.37. The van der Waals surface area contributed by atoms with Crippen molar-refractivity contribution in [2.75, 3.05) is 13.1 Å². The molecule has 0 spiro atoms. The third kappa shape index (κ3) is 2.88. The zero-order valence-corrected chi connectivity index (χ0v) is 12.6. The predicted octanol–water partition coefficient (Wildman–Crippen LogP) is 1.78. The maximum absolute atomic E-state index is 13.1. The Balaban J connectivity index is 2.29. The third-order valence-corrected chi connectivity index (χ3v) is 4.03. The molecule has 0 aliphatic carbocycles. The number of rotatable bonds is 2. The van der Waals surface area contributed by atoms with Crippen LogP contribution in [0.25, 0.3) is 0 Å². The lowest BCUT2D eigenvalue weighted by atomic mass is 10.1. The second-order valence-electron chi connectivity index (χ2n) is 4.34. The lowest BCUT2D eigenvalue weighted by Gasteiger charge is -2.34. The highest BCUT2D eigenvalue weighted by Crippen LogP contribution is 2.19. The van der Waals surface area contributed by atoms with Gasteiger partial charge in [-0.1, -0.05) is 6.92 Å². The molecule has 1 heterocycles. The van der Waals surface area contributed by atoms with Gasteiger partial charge in [0.1, 0.15) is 11.9 Å². The number of carbonyl (C=O) groups is 2. The normalized spacial score (nSPS) is 19.2. The van der Waals surface area contributed by atoms with E-state index in [-0.39, 0.29) is 17.6 Å². The Morgan fingerprint density at radius 3 is 2.95 bits per heavy atom. The van der Waals surface area contributed by atoms with Crippen LogP contribution in [0.5, 0.6) is 0 Å². The van der Waals surface area contributed by atoms with Crippen molar-refractivity contribution in [1.82, 2.24) is 10.2 Å². The number of hydrogen-bond acceptors (Lipinski definition) is 2.